The Bertz CT molecular complexity index is 1640. The van der Waals surface area contributed by atoms with Crippen LogP contribution in [-0.4, -0.2) is 49.3 Å². The molecule has 1 aliphatic heterocycles. The highest BCUT2D eigenvalue weighted by Crippen LogP contribution is 2.35. The van der Waals surface area contributed by atoms with E-state index >= 15 is 0 Å². The normalized spacial score (nSPS) is 14.2. The van der Waals surface area contributed by atoms with Crippen LogP contribution in [0.15, 0.2) is 71.9 Å². The first-order valence-electron chi connectivity index (χ1n) is 11.0. The monoisotopic (exact) mass is 448 g/mol. The van der Waals surface area contributed by atoms with Crippen molar-refractivity contribution in [2.45, 2.75) is 6.04 Å². The van der Waals surface area contributed by atoms with Gasteiger partial charge in [-0.15, -0.1) is 0 Å². The lowest BCUT2D eigenvalue weighted by atomic mass is 10.0. The Morgan fingerprint density at radius 2 is 1.94 bits per heavy atom. The lowest BCUT2D eigenvalue weighted by Gasteiger charge is -2.37. The molecule has 0 unspecified atom stereocenters. The summed E-state index contributed by atoms with van der Waals surface area (Å²) in [5.74, 6) is 0.816. The third kappa shape index (κ3) is 2.98. The van der Waals surface area contributed by atoms with Crippen LogP contribution in [0.1, 0.15) is 0 Å². The molecule has 0 atom stereocenters. The Kier molecular flexibility index (Phi) is 4.06. The summed E-state index contributed by atoms with van der Waals surface area (Å²) in [6, 6.07) is 12.5. The summed E-state index contributed by atoms with van der Waals surface area (Å²) in [5, 5.41) is 9.76. The minimum absolute atomic E-state index is 0.193. The number of pyridine rings is 1. The van der Waals surface area contributed by atoms with Gasteiger partial charge >= 0.3 is 0 Å². The summed E-state index contributed by atoms with van der Waals surface area (Å²) in [6.07, 6.45) is 8.73. The highest BCUT2D eigenvalue weighted by molar-refractivity contribution is 6.01. The summed E-state index contributed by atoms with van der Waals surface area (Å²) < 4.78 is 5.29. The van der Waals surface area contributed by atoms with Gasteiger partial charge in [0.2, 0.25) is 0 Å². The van der Waals surface area contributed by atoms with Crippen molar-refractivity contribution in [1.29, 1.82) is 0 Å². The number of furan rings is 1. The highest BCUT2D eigenvalue weighted by atomic mass is 16.3. The van der Waals surface area contributed by atoms with E-state index in [4.69, 9.17) is 15.1 Å². The number of aromatic amines is 2. The van der Waals surface area contributed by atoms with Gasteiger partial charge in [0.25, 0.3) is 0 Å². The number of nitrogens with two attached hydrogens (primary N) is 1. The topological polar surface area (TPSA) is 126 Å². The van der Waals surface area contributed by atoms with Crippen LogP contribution in [0.2, 0.25) is 0 Å². The molecule has 0 spiro atoms. The molecule has 0 bridgehead atoms. The van der Waals surface area contributed by atoms with Crippen molar-refractivity contribution >= 4 is 27.6 Å². The molecule has 1 aromatic carbocycles. The molecular formula is C25H20N8O. The number of aromatic nitrogens is 6. The van der Waals surface area contributed by atoms with Gasteiger partial charge in [0.05, 0.1) is 48.0 Å². The number of anilines is 1. The molecule has 4 N–H and O–H groups in total. The molecule has 0 aliphatic carbocycles. The van der Waals surface area contributed by atoms with Crippen molar-refractivity contribution in [1.82, 2.24) is 30.1 Å². The fraction of sp³-hybridized carbons (Fsp3) is 0.120. The number of nitrogens with zero attached hydrogens (tertiary/aromatic N) is 5. The third-order valence-corrected chi connectivity index (χ3v) is 6.32. The Morgan fingerprint density at radius 3 is 2.79 bits per heavy atom. The van der Waals surface area contributed by atoms with E-state index in [1.165, 1.54) is 0 Å². The number of hydrogen-bond acceptors (Lipinski definition) is 7. The minimum Gasteiger partial charge on any atom is -0.472 e. The predicted octanol–water partition coefficient (Wildman–Crippen LogP) is 3.97. The number of nitrogens with one attached hydrogen (secondary N) is 2. The quantitative estimate of drug-likeness (QED) is 0.372. The number of H-pyrrole nitrogens is 2. The van der Waals surface area contributed by atoms with Crippen molar-refractivity contribution in [3.63, 3.8) is 0 Å². The molecule has 0 saturated carbocycles. The molecule has 0 radical (unpaired) electrons. The maximum atomic E-state index is 5.92. The molecule has 7 rings (SSSR count). The maximum Gasteiger partial charge on any atom is 0.147 e. The van der Waals surface area contributed by atoms with Gasteiger partial charge in [0.15, 0.2) is 0 Å². The fourth-order valence-electron chi connectivity index (χ4n) is 4.55. The molecule has 6 heterocycles. The van der Waals surface area contributed by atoms with E-state index in [1.54, 1.807) is 31.1 Å². The van der Waals surface area contributed by atoms with Crippen molar-refractivity contribution in [3.05, 3.63) is 67.5 Å². The van der Waals surface area contributed by atoms with Crippen LogP contribution in [0.4, 0.5) is 5.82 Å². The maximum absolute atomic E-state index is 5.92. The molecule has 5 aromatic heterocycles. The van der Waals surface area contributed by atoms with E-state index in [9.17, 15) is 0 Å². The van der Waals surface area contributed by atoms with Crippen LogP contribution in [0.25, 0.3) is 55.7 Å². The molecule has 1 fully saturated rings. The van der Waals surface area contributed by atoms with Crippen LogP contribution in [0.3, 0.4) is 0 Å². The molecule has 0 amide bonds. The predicted molar refractivity (Wildman–Crippen MR) is 130 cm³/mol. The smallest absolute Gasteiger partial charge is 0.147 e. The van der Waals surface area contributed by atoms with Gasteiger partial charge in [-0.3, -0.25) is 15.1 Å². The van der Waals surface area contributed by atoms with Crippen LogP contribution >= 0.6 is 0 Å². The first-order chi connectivity index (χ1) is 16.7. The summed E-state index contributed by atoms with van der Waals surface area (Å²) in [7, 11) is 0. The second kappa shape index (κ2) is 7.26. The molecule has 9 nitrogen and oxygen atoms in total. The van der Waals surface area contributed by atoms with Gasteiger partial charge in [-0.1, -0.05) is 12.1 Å². The standard InChI is InChI=1S/C25H20N8O/c26-15-11-33(12-15)24-10-27-8-23(30-24)20-7-18-22(9-28-20)31-32-25(18)21-6-17-16(14-4-5-34-13-14)2-1-3-19(17)29-21/h1-10,13,15,29H,11-12,26H2,(H,31,32). The van der Waals surface area contributed by atoms with E-state index in [2.05, 4.69) is 48.2 Å². The zero-order valence-electron chi connectivity index (χ0n) is 18.1. The van der Waals surface area contributed by atoms with Gasteiger partial charge < -0.3 is 20.0 Å². The molecule has 1 saturated heterocycles. The van der Waals surface area contributed by atoms with E-state index < -0.39 is 0 Å². The Morgan fingerprint density at radius 1 is 1.00 bits per heavy atom. The van der Waals surface area contributed by atoms with Crippen molar-refractivity contribution in [3.8, 4) is 33.9 Å². The average Bonchev–Trinajstić information content (AvgIpc) is 3.60. The van der Waals surface area contributed by atoms with Crippen LogP contribution < -0.4 is 10.6 Å². The van der Waals surface area contributed by atoms with Gasteiger partial charge in [-0.25, -0.2) is 4.98 Å². The highest BCUT2D eigenvalue weighted by Gasteiger charge is 2.25. The second-order valence-corrected chi connectivity index (χ2v) is 8.58. The van der Waals surface area contributed by atoms with E-state index in [1.807, 2.05) is 18.2 Å². The van der Waals surface area contributed by atoms with E-state index in [0.29, 0.717) is 5.69 Å². The number of fused-ring (bicyclic) bond motifs is 2. The van der Waals surface area contributed by atoms with Crippen molar-refractivity contribution in [2.24, 2.45) is 5.73 Å². The van der Waals surface area contributed by atoms with E-state index in [0.717, 1.165) is 68.9 Å². The zero-order chi connectivity index (χ0) is 22.6. The van der Waals surface area contributed by atoms with Crippen LogP contribution in [0, 0.1) is 0 Å². The second-order valence-electron chi connectivity index (χ2n) is 8.58. The average molecular weight is 448 g/mol. The molecule has 34 heavy (non-hydrogen) atoms. The summed E-state index contributed by atoms with van der Waals surface area (Å²) in [5.41, 5.74) is 13.1. The number of benzene rings is 1. The molecular weight excluding hydrogens is 428 g/mol. The number of hydrogen-bond donors (Lipinski definition) is 3. The molecule has 6 aromatic rings. The third-order valence-electron chi connectivity index (χ3n) is 6.32. The minimum atomic E-state index is 0.193. The molecule has 1 aliphatic rings. The van der Waals surface area contributed by atoms with Crippen molar-refractivity contribution < 1.29 is 4.42 Å². The first-order valence-corrected chi connectivity index (χ1v) is 11.0. The Hall–Kier alpha value is -4.50. The van der Waals surface area contributed by atoms with E-state index in [-0.39, 0.29) is 6.04 Å². The summed E-state index contributed by atoms with van der Waals surface area (Å²) >= 11 is 0. The van der Waals surface area contributed by atoms with Crippen LogP contribution in [-0.2, 0) is 0 Å². The molecule has 166 valence electrons. The van der Waals surface area contributed by atoms with Gasteiger partial charge in [-0.05, 0) is 29.8 Å². The molecule has 9 heteroatoms. The SMILES string of the molecule is NC1CN(c2cncc(-c3cc4c(-c5cc6c(-c7ccoc7)cccc6[nH]5)n[nH]c4cn3)n2)C1. The zero-order valence-corrected chi connectivity index (χ0v) is 18.1. The van der Waals surface area contributed by atoms with Crippen LogP contribution in [0.5, 0.6) is 0 Å². The Balaban J connectivity index is 1.31. The van der Waals surface area contributed by atoms with Gasteiger partial charge in [0.1, 0.15) is 17.2 Å². The number of rotatable bonds is 4. The van der Waals surface area contributed by atoms with Gasteiger partial charge in [-0.2, -0.15) is 5.10 Å². The Labute approximate surface area is 193 Å². The summed E-state index contributed by atoms with van der Waals surface area (Å²) in [6.45, 7) is 1.58. The van der Waals surface area contributed by atoms with Gasteiger partial charge in [0, 0.05) is 41.0 Å². The van der Waals surface area contributed by atoms with Crippen molar-refractivity contribution in [2.75, 3.05) is 18.0 Å². The fourth-order valence-corrected chi connectivity index (χ4v) is 4.55. The first kappa shape index (κ1) is 19.0. The largest absolute Gasteiger partial charge is 0.472 e. The summed E-state index contributed by atoms with van der Waals surface area (Å²) in [4.78, 5) is 19.4. The lowest BCUT2D eigenvalue weighted by molar-refractivity contribution is 0.514. The lowest BCUT2D eigenvalue weighted by Crippen LogP contribution is -2.56.